The maximum Gasteiger partial charge on any atom is 0.326 e. The van der Waals surface area contributed by atoms with Gasteiger partial charge >= 0.3 is 5.97 Å². The highest BCUT2D eigenvalue weighted by Crippen LogP contribution is 2.21. The van der Waals surface area contributed by atoms with E-state index in [1.807, 2.05) is 13.8 Å². The number of H-pyrrole nitrogens is 1. The molecule has 7 amide bonds. The number of nitrogens with zero attached hydrogens (tertiary/aromatic N) is 6. The number of hydrogen-bond acceptors (Lipinski definition) is 13. The summed E-state index contributed by atoms with van der Waals surface area (Å²) in [6.45, 7) is 4.10. The molecule has 28 nitrogen and oxygen atoms in total. The molecule has 28 heteroatoms. The molecule has 7 atom stereocenters. The minimum Gasteiger partial charge on any atom is -0.480 e. The zero-order chi connectivity index (χ0) is 51.9. The first-order chi connectivity index (χ1) is 33.2. The van der Waals surface area contributed by atoms with E-state index in [4.69, 9.17) is 40.1 Å². The predicted molar refractivity (Wildman–Crippen MR) is 257 cm³/mol. The standard InChI is InChI=1S/C42H73N19O9/c1-23(2)18-28(58-33(63)26(9-4-14-52-41(46)47)56-36(66)30-11-6-16-60(30)32(62)20-43)35(65)55-25(8-3-13-51-40(44)45)34(64)59-29(19-24-21-50-22-54-24)38(68)61-17-7-12-31(61)37(67)57-27(39(69)70)10-5-15-53-42(48)49/h21-23,25-31H,3-20,43H2,1-2H3,(H,50,54)(H,55,65)(H,56,66)(H,57,67)(H,58,63)(H,59,64)(H,69,70)(H4,44,45,51)(H4,46,47,52)(H4,48,49,53). The summed E-state index contributed by atoms with van der Waals surface area (Å²) in [6, 6.07) is -8.33. The van der Waals surface area contributed by atoms with Crippen LogP contribution in [0, 0.1) is 5.92 Å². The SMILES string of the molecule is CC(C)CC(NC(=O)C(CCCN=C(N)N)NC(=O)C1CCCN1C(=O)CN)C(=O)NC(CCCN=C(N)N)C(=O)NC(Cc1cnc[nH]1)C(=O)N1CCCC1C(=O)NC(CCCN=C(N)N)C(=O)O. The van der Waals surface area contributed by atoms with E-state index in [1.165, 1.54) is 22.3 Å². The number of nitrogens with two attached hydrogens (primary N) is 7. The van der Waals surface area contributed by atoms with Crippen LogP contribution < -0.4 is 66.7 Å². The first kappa shape index (κ1) is 57.1. The molecule has 3 heterocycles. The molecule has 21 N–H and O–H groups in total. The van der Waals surface area contributed by atoms with E-state index in [2.05, 4.69) is 51.5 Å². The Hall–Kier alpha value is -7.26. The van der Waals surface area contributed by atoms with Crippen LogP contribution in [0.3, 0.4) is 0 Å². The van der Waals surface area contributed by atoms with Crippen molar-refractivity contribution in [1.29, 1.82) is 0 Å². The highest BCUT2D eigenvalue weighted by molar-refractivity contribution is 5.98. The number of aromatic nitrogens is 2. The molecule has 1 aromatic rings. The summed E-state index contributed by atoms with van der Waals surface area (Å²) in [7, 11) is 0. The van der Waals surface area contributed by atoms with Gasteiger partial charge in [0.15, 0.2) is 17.9 Å². The second kappa shape index (κ2) is 28.9. The Labute approximate surface area is 406 Å². The summed E-state index contributed by atoms with van der Waals surface area (Å²) in [6.07, 6.45) is 5.00. The highest BCUT2D eigenvalue weighted by Gasteiger charge is 2.41. The molecule has 2 aliphatic rings. The van der Waals surface area contributed by atoms with Gasteiger partial charge in [-0.2, -0.15) is 0 Å². The summed E-state index contributed by atoms with van der Waals surface area (Å²) >= 11 is 0. The van der Waals surface area contributed by atoms with Gasteiger partial charge < -0.3 is 86.6 Å². The molecule has 1 aromatic heterocycles. The number of carboxylic acid groups (broad SMARTS) is 1. The quantitative estimate of drug-likeness (QED) is 0.0202. The molecule has 2 aliphatic heterocycles. The maximum atomic E-state index is 14.5. The van der Waals surface area contributed by atoms with Gasteiger partial charge in [0, 0.05) is 51.0 Å². The average molecular weight is 988 g/mol. The van der Waals surface area contributed by atoms with Crippen molar-refractivity contribution in [2.45, 2.75) is 133 Å². The number of nitrogens with one attached hydrogen (secondary N) is 6. The first-order valence-corrected chi connectivity index (χ1v) is 23.4. The first-order valence-electron chi connectivity index (χ1n) is 23.4. The molecule has 2 fully saturated rings. The molecule has 70 heavy (non-hydrogen) atoms. The van der Waals surface area contributed by atoms with Gasteiger partial charge in [0.25, 0.3) is 0 Å². The number of guanidine groups is 3. The fourth-order valence-corrected chi connectivity index (χ4v) is 8.14. The van der Waals surface area contributed by atoms with E-state index in [0.29, 0.717) is 31.5 Å². The Morgan fingerprint density at radius 3 is 1.59 bits per heavy atom. The molecule has 0 spiro atoms. The van der Waals surface area contributed by atoms with Gasteiger partial charge in [0.2, 0.25) is 41.4 Å². The van der Waals surface area contributed by atoms with Crippen molar-refractivity contribution in [3.05, 3.63) is 18.2 Å². The van der Waals surface area contributed by atoms with Crippen molar-refractivity contribution < 1.29 is 43.5 Å². The molecule has 0 saturated carbocycles. The lowest BCUT2D eigenvalue weighted by Gasteiger charge is -2.31. The molecule has 0 bridgehead atoms. The van der Waals surface area contributed by atoms with Crippen molar-refractivity contribution in [1.82, 2.24) is 46.4 Å². The molecule has 0 radical (unpaired) electrons. The summed E-state index contributed by atoms with van der Waals surface area (Å²) in [5.41, 5.74) is 38.8. The Balaban J connectivity index is 1.89. The normalized spacial score (nSPS) is 17.5. The van der Waals surface area contributed by atoms with Gasteiger partial charge in [-0.25, -0.2) is 9.78 Å². The van der Waals surface area contributed by atoms with Crippen LogP contribution in [0.25, 0.3) is 0 Å². The third-order valence-corrected chi connectivity index (χ3v) is 11.5. The van der Waals surface area contributed by atoms with Crippen LogP contribution in [0.2, 0.25) is 0 Å². The van der Waals surface area contributed by atoms with Crippen LogP contribution in [0.4, 0.5) is 0 Å². The summed E-state index contributed by atoms with van der Waals surface area (Å²) in [4.78, 5) is 130. The number of carbonyl (C=O) groups excluding carboxylic acids is 7. The third kappa shape index (κ3) is 19.0. The number of rotatable bonds is 29. The number of aromatic amines is 1. The lowest BCUT2D eigenvalue weighted by Crippen LogP contribution is -2.60. The number of aliphatic imine (C=N–C) groups is 3. The molecule has 390 valence electrons. The van der Waals surface area contributed by atoms with Crippen molar-refractivity contribution in [3.63, 3.8) is 0 Å². The number of amides is 7. The zero-order valence-corrected chi connectivity index (χ0v) is 39.9. The molecule has 0 aromatic carbocycles. The molecular formula is C42H73N19O9. The second-order valence-electron chi connectivity index (χ2n) is 17.5. The monoisotopic (exact) mass is 988 g/mol. The van der Waals surface area contributed by atoms with Crippen LogP contribution in [-0.2, 0) is 44.8 Å². The molecule has 7 unspecified atom stereocenters. The topological polar surface area (TPSA) is 471 Å². The van der Waals surface area contributed by atoms with Gasteiger partial charge in [-0.3, -0.25) is 48.5 Å². The lowest BCUT2D eigenvalue weighted by atomic mass is 10.0. The van der Waals surface area contributed by atoms with E-state index in [0.717, 1.165) is 0 Å². The Bertz CT molecular complexity index is 2020. The molecule has 2 saturated heterocycles. The molecular weight excluding hydrogens is 915 g/mol. The number of hydrogen-bond donors (Lipinski definition) is 14. The van der Waals surface area contributed by atoms with Crippen molar-refractivity contribution in [3.8, 4) is 0 Å². The fraction of sp³-hybridized carbons (Fsp3) is 0.667. The predicted octanol–water partition coefficient (Wildman–Crippen LogP) is -5.39. The van der Waals surface area contributed by atoms with E-state index in [9.17, 15) is 43.5 Å². The Morgan fingerprint density at radius 2 is 1.11 bits per heavy atom. The molecule has 3 rings (SSSR count). The number of imidazole rings is 1. The summed E-state index contributed by atoms with van der Waals surface area (Å²) in [5, 5.41) is 23.3. The minimum absolute atomic E-state index is 0.00490. The number of carboxylic acids is 1. The van der Waals surface area contributed by atoms with Crippen LogP contribution >= 0.6 is 0 Å². The number of carbonyl (C=O) groups is 8. The van der Waals surface area contributed by atoms with Crippen LogP contribution in [0.1, 0.15) is 90.2 Å². The van der Waals surface area contributed by atoms with Crippen molar-refractivity contribution in [2.75, 3.05) is 39.3 Å². The van der Waals surface area contributed by atoms with Crippen LogP contribution in [-0.4, -0.2) is 172 Å². The lowest BCUT2D eigenvalue weighted by molar-refractivity contribution is -0.145. The zero-order valence-electron chi connectivity index (χ0n) is 39.9. The van der Waals surface area contributed by atoms with E-state index < -0.39 is 89.6 Å². The number of aliphatic carboxylic acids is 1. The van der Waals surface area contributed by atoms with E-state index in [-0.39, 0.29) is 114 Å². The Kier molecular flexibility index (Phi) is 23.6. The highest BCUT2D eigenvalue weighted by atomic mass is 16.4. The van der Waals surface area contributed by atoms with Gasteiger partial charge in [0.05, 0.1) is 12.9 Å². The van der Waals surface area contributed by atoms with Crippen LogP contribution in [0.5, 0.6) is 0 Å². The van der Waals surface area contributed by atoms with Crippen molar-refractivity contribution in [2.24, 2.45) is 61.0 Å². The van der Waals surface area contributed by atoms with Gasteiger partial charge in [-0.05, 0) is 76.5 Å². The molecule has 0 aliphatic carbocycles. The average Bonchev–Trinajstić information content (AvgIpc) is 4.11. The number of likely N-dealkylation sites (tertiary alicyclic amines) is 2. The van der Waals surface area contributed by atoms with Crippen LogP contribution in [0.15, 0.2) is 27.5 Å². The second-order valence-corrected chi connectivity index (χ2v) is 17.5. The summed E-state index contributed by atoms with van der Waals surface area (Å²) in [5.74, 6) is -6.64. The van der Waals surface area contributed by atoms with Gasteiger partial charge in [-0.15, -0.1) is 0 Å². The summed E-state index contributed by atoms with van der Waals surface area (Å²) < 4.78 is 0. The maximum absolute atomic E-state index is 14.5. The van der Waals surface area contributed by atoms with E-state index in [1.54, 1.807) is 0 Å². The van der Waals surface area contributed by atoms with Gasteiger partial charge in [0.1, 0.15) is 42.3 Å². The minimum atomic E-state index is -1.33. The fourth-order valence-electron chi connectivity index (χ4n) is 8.14. The van der Waals surface area contributed by atoms with Crippen molar-refractivity contribution >= 4 is 65.2 Å². The van der Waals surface area contributed by atoms with Gasteiger partial charge in [-0.1, -0.05) is 13.8 Å². The largest absolute Gasteiger partial charge is 0.480 e. The Morgan fingerprint density at radius 1 is 0.671 bits per heavy atom. The van der Waals surface area contributed by atoms with E-state index >= 15 is 0 Å². The third-order valence-electron chi connectivity index (χ3n) is 11.5. The smallest absolute Gasteiger partial charge is 0.326 e.